The number of hydrogen-bond acceptors (Lipinski definition) is 3. The second-order valence-electron chi connectivity index (χ2n) is 4.22. The molecule has 2 rings (SSSR count). The number of carbonyl (C=O) groups excluding carboxylic acids is 2. The normalized spacial score (nSPS) is 18.9. The fourth-order valence-electron chi connectivity index (χ4n) is 2.14. The van der Waals surface area contributed by atoms with Crippen molar-refractivity contribution < 1.29 is 14.7 Å². The molecule has 1 aromatic carbocycles. The number of aromatic hydroxyl groups is 1. The topological polar surface area (TPSA) is 83.6 Å². The highest BCUT2D eigenvalue weighted by Gasteiger charge is 2.33. The zero-order chi connectivity index (χ0) is 13.3. The lowest BCUT2D eigenvalue weighted by atomic mass is 10.1. The van der Waals surface area contributed by atoms with Crippen molar-refractivity contribution in [2.45, 2.75) is 18.9 Å². The molecule has 0 radical (unpaired) electrons. The predicted octanol–water partition coefficient (Wildman–Crippen LogP) is 1.14. The summed E-state index contributed by atoms with van der Waals surface area (Å²) in [4.78, 5) is 24.9. The Balaban J connectivity index is 2.31. The summed E-state index contributed by atoms with van der Waals surface area (Å²) in [5.41, 5.74) is 5.44. The lowest BCUT2D eigenvalue weighted by Gasteiger charge is -2.22. The maximum atomic E-state index is 12.3. The monoisotopic (exact) mass is 268 g/mol. The number of likely N-dealkylation sites (tertiary alicyclic amines) is 1. The molecule has 1 atom stereocenters. The van der Waals surface area contributed by atoms with E-state index in [4.69, 9.17) is 17.3 Å². The maximum Gasteiger partial charge on any atom is 0.256 e. The SMILES string of the molecule is NC(=O)C1CCCN1C(=O)c1cc(O)ccc1Cl. The number of phenolic OH excluding ortho intramolecular Hbond substituents is 1. The molecule has 1 saturated heterocycles. The second kappa shape index (κ2) is 4.86. The molecule has 1 aliphatic rings. The van der Waals surface area contributed by atoms with Crippen LogP contribution in [-0.2, 0) is 4.79 Å². The van der Waals surface area contributed by atoms with Crippen LogP contribution in [0.3, 0.4) is 0 Å². The van der Waals surface area contributed by atoms with Gasteiger partial charge >= 0.3 is 0 Å². The average molecular weight is 269 g/mol. The highest BCUT2D eigenvalue weighted by molar-refractivity contribution is 6.34. The number of primary amides is 1. The summed E-state index contributed by atoms with van der Waals surface area (Å²) < 4.78 is 0. The summed E-state index contributed by atoms with van der Waals surface area (Å²) >= 11 is 5.92. The van der Waals surface area contributed by atoms with Gasteiger partial charge in [0, 0.05) is 6.54 Å². The van der Waals surface area contributed by atoms with E-state index < -0.39 is 11.9 Å². The van der Waals surface area contributed by atoms with Gasteiger partial charge in [-0.2, -0.15) is 0 Å². The number of carbonyl (C=O) groups is 2. The van der Waals surface area contributed by atoms with Crippen molar-refractivity contribution in [2.75, 3.05) is 6.54 Å². The van der Waals surface area contributed by atoms with Crippen LogP contribution in [0, 0.1) is 0 Å². The summed E-state index contributed by atoms with van der Waals surface area (Å²) in [6.07, 6.45) is 1.30. The third-order valence-electron chi connectivity index (χ3n) is 3.02. The van der Waals surface area contributed by atoms with Gasteiger partial charge in [0.25, 0.3) is 5.91 Å². The van der Waals surface area contributed by atoms with Gasteiger partial charge in [-0.25, -0.2) is 0 Å². The van der Waals surface area contributed by atoms with Crippen LogP contribution in [0.4, 0.5) is 0 Å². The Bertz CT molecular complexity index is 504. The smallest absolute Gasteiger partial charge is 0.256 e. The Morgan fingerprint density at radius 1 is 1.44 bits per heavy atom. The molecule has 96 valence electrons. The van der Waals surface area contributed by atoms with Crippen LogP contribution >= 0.6 is 11.6 Å². The van der Waals surface area contributed by atoms with E-state index in [0.29, 0.717) is 13.0 Å². The van der Waals surface area contributed by atoms with Gasteiger partial charge in [-0.05, 0) is 31.0 Å². The Morgan fingerprint density at radius 2 is 2.17 bits per heavy atom. The molecule has 1 heterocycles. The lowest BCUT2D eigenvalue weighted by molar-refractivity contribution is -0.121. The van der Waals surface area contributed by atoms with Crippen LogP contribution in [0.25, 0.3) is 0 Å². The largest absolute Gasteiger partial charge is 0.508 e. The van der Waals surface area contributed by atoms with Crippen LogP contribution in [0.15, 0.2) is 18.2 Å². The maximum absolute atomic E-state index is 12.3. The van der Waals surface area contributed by atoms with E-state index >= 15 is 0 Å². The van der Waals surface area contributed by atoms with Gasteiger partial charge in [0.15, 0.2) is 0 Å². The van der Waals surface area contributed by atoms with Crippen LogP contribution in [0.5, 0.6) is 5.75 Å². The molecule has 18 heavy (non-hydrogen) atoms. The number of rotatable bonds is 2. The number of nitrogens with two attached hydrogens (primary N) is 1. The van der Waals surface area contributed by atoms with Gasteiger partial charge in [0.1, 0.15) is 11.8 Å². The van der Waals surface area contributed by atoms with Gasteiger partial charge in [0.2, 0.25) is 5.91 Å². The molecule has 0 spiro atoms. The molecule has 0 bridgehead atoms. The number of halogens is 1. The third-order valence-corrected chi connectivity index (χ3v) is 3.35. The van der Waals surface area contributed by atoms with Crippen molar-refractivity contribution in [1.29, 1.82) is 0 Å². The van der Waals surface area contributed by atoms with Gasteiger partial charge in [-0.15, -0.1) is 0 Å². The molecule has 0 saturated carbocycles. The minimum Gasteiger partial charge on any atom is -0.508 e. The molecule has 1 aliphatic heterocycles. The third kappa shape index (κ3) is 2.26. The zero-order valence-corrected chi connectivity index (χ0v) is 10.4. The molecule has 5 nitrogen and oxygen atoms in total. The Labute approximate surface area is 109 Å². The molecule has 6 heteroatoms. The molecular weight excluding hydrogens is 256 g/mol. The number of amides is 2. The molecule has 0 aliphatic carbocycles. The van der Waals surface area contributed by atoms with Crippen molar-refractivity contribution in [3.63, 3.8) is 0 Å². The molecular formula is C12H13ClN2O3. The fourth-order valence-corrected chi connectivity index (χ4v) is 2.34. The van der Waals surface area contributed by atoms with E-state index in [9.17, 15) is 14.7 Å². The second-order valence-corrected chi connectivity index (χ2v) is 4.63. The molecule has 0 aromatic heterocycles. The average Bonchev–Trinajstić information content (AvgIpc) is 2.80. The molecule has 1 aromatic rings. The van der Waals surface area contributed by atoms with Gasteiger partial charge in [-0.1, -0.05) is 11.6 Å². The molecule has 3 N–H and O–H groups in total. The molecule has 1 unspecified atom stereocenters. The lowest BCUT2D eigenvalue weighted by Crippen LogP contribution is -2.43. The van der Waals surface area contributed by atoms with Crippen LogP contribution in [0.2, 0.25) is 5.02 Å². The summed E-state index contributed by atoms with van der Waals surface area (Å²) in [5.74, 6) is -0.938. The van der Waals surface area contributed by atoms with E-state index in [1.807, 2.05) is 0 Å². The van der Waals surface area contributed by atoms with E-state index in [2.05, 4.69) is 0 Å². The number of nitrogens with zero attached hydrogens (tertiary/aromatic N) is 1. The fraction of sp³-hybridized carbons (Fsp3) is 0.333. The zero-order valence-electron chi connectivity index (χ0n) is 9.60. The first-order valence-corrected chi connectivity index (χ1v) is 5.97. The minimum atomic E-state index is -0.587. The minimum absolute atomic E-state index is 0.0439. The van der Waals surface area contributed by atoms with E-state index in [1.54, 1.807) is 0 Å². The predicted molar refractivity (Wildman–Crippen MR) is 66.4 cm³/mol. The first-order chi connectivity index (χ1) is 8.50. The Kier molecular flexibility index (Phi) is 3.43. The van der Waals surface area contributed by atoms with Crippen molar-refractivity contribution in [2.24, 2.45) is 5.73 Å². The highest BCUT2D eigenvalue weighted by atomic mass is 35.5. The van der Waals surface area contributed by atoms with E-state index in [-0.39, 0.29) is 22.2 Å². The molecule has 2 amide bonds. The molecule has 1 fully saturated rings. The van der Waals surface area contributed by atoms with Crippen molar-refractivity contribution in [1.82, 2.24) is 4.90 Å². The van der Waals surface area contributed by atoms with Crippen LogP contribution in [0.1, 0.15) is 23.2 Å². The summed E-state index contributed by atoms with van der Waals surface area (Å²) in [7, 11) is 0. The first-order valence-electron chi connectivity index (χ1n) is 5.59. The first kappa shape index (κ1) is 12.7. The summed E-state index contributed by atoms with van der Waals surface area (Å²) in [6.45, 7) is 0.471. The van der Waals surface area contributed by atoms with Crippen LogP contribution < -0.4 is 5.73 Å². The van der Waals surface area contributed by atoms with Crippen LogP contribution in [-0.4, -0.2) is 34.4 Å². The Morgan fingerprint density at radius 3 is 2.83 bits per heavy atom. The summed E-state index contributed by atoms with van der Waals surface area (Å²) in [6, 6.07) is 3.55. The summed E-state index contributed by atoms with van der Waals surface area (Å²) in [5, 5.41) is 9.63. The van der Waals surface area contributed by atoms with Gasteiger partial charge < -0.3 is 15.7 Å². The number of hydrogen-bond donors (Lipinski definition) is 2. The standard InChI is InChI=1S/C12H13ClN2O3/c13-9-4-3-7(16)6-8(9)12(18)15-5-1-2-10(15)11(14)17/h3-4,6,10,16H,1-2,5H2,(H2,14,17). The highest BCUT2D eigenvalue weighted by Crippen LogP contribution is 2.26. The quantitative estimate of drug-likeness (QED) is 0.843. The van der Waals surface area contributed by atoms with E-state index in [1.165, 1.54) is 23.1 Å². The Hall–Kier alpha value is -1.75. The van der Waals surface area contributed by atoms with E-state index in [0.717, 1.165) is 6.42 Å². The van der Waals surface area contributed by atoms with Crippen molar-refractivity contribution in [3.05, 3.63) is 28.8 Å². The van der Waals surface area contributed by atoms with Crippen molar-refractivity contribution in [3.8, 4) is 5.75 Å². The van der Waals surface area contributed by atoms with Crippen molar-refractivity contribution >= 4 is 23.4 Å². The van der Waals surface area contributed by atoms with Gasteiger partial charge in [0.05, 0.1) is 10.6 Å². The van der Waals surface area contributed by atoms with Gasteiger partial charge in [-0.3, -0.25) is 9.59 Å². The number of phenols is 1. The number of benzene rings is 1.